The molecule has 4 rings (SSSR count). The fourth-order valence-corrected chi connectivity index (χ4v) is 4.78. The van der Waals surface area contributed by atoms with E-state index in [1.807, 2.05) is 0 Å². The van der Waals surface area contributed by atoms with Gasteiger partial charge >= 0.3 is 0 Å². The lowest BCUT2D eigenvalue weighted by molar-refractivity contribution is -0.929. The van der Waals surface area contributed by atoms with E-state index in [1.165, 1.54) is 16.0 Å². The summed E-state index contributed by atoms with van der Waals surface area (Å²) < 4.78 is 0.470. The van der Waals surface area contributed by atoms with Gasteiger partial charge in [-0.1, -0.05) is 30.3 Å². The molecule has 3 aromatic rings. The van der Waals surface area contributed by atoms with E-state index in [-0.39, 0.29) is 0 Å². The fraction of sp³-hybridized carbons (Fsp3) is 0.250. The first-order chi connectivity index (χ1) is 10.7. The Morgan fingerprint density at radius 2 is 2.14 bits per heavy atom. The summed E-state index contributed by atoms with van der Waals surface area (Å²) in [6.45, 7) is 3.23. The predicted molar refractivity (Wildman–Crippen MR) is 92.6 cm³/mol. The summed E-state index contributed by atoms with van der Waals surface area (Å²) in [4.78, 5) is 11.4. The summed E-state index contributed by atoms with van der Waals surface area (Å²) in [5.41, 5.74) is 8.88. The Hall–Kier alpha value is -1.76. The normalized spacial score (nSPS) is 17.5. The maximum absolute atomic E-state index is 6.12. The molecule has 6 heteroatoms. The number of nitrogen functional groups attached to an aromatic ring is 1. The molecule has 0 fully saturated rings. The van der Waals surface area contributed by atoms with E-state index in [0.29, 0.717) is 10.6 Å². The van der Waals surface area contributed by atoms with Crippen LogP contribution in [0.2, 0.25) is 0 Å². The molecule has 0 saturated carbocycles. The third-order valence-corrected chi connectivity index (χ3v) is 5.54. The number of nitrogens with zero attached hydrogens (tertiary/aromatic N) is 1. The lowest BCUT2D eigenvalue weighted by Gasteiger charge is -2.24. The number of thiophene rings is 1. The highest BCUT2D eigenvalue weighted by molar-refractivity contribution is 7.71. The van der Waals surface area contributed by atoms with Crippen LogP contribution in [-0.4, -0.2) is 16.5 Å². The van der Waals surface area contributed by atoms with Gasteiger partial charge in [0.1, 0.15) is 23.7 Å². The van der Waals surface area contributed by atoms with E-state index in [0.717, 1.165) is 36.3 Å². The molecule has 112 valence electrons. The molecule has 0 aliphatic carbocycles. The van der Waals surface area contributed by atoms with Crippen LogP contribution in [0.15, 0.2) is 30.3 Å². The average Bonchev–Trinajstić information content (AvgIpc) is 2.85. The molecule has 0 radical (unpaired) electrons. The maximum atomic E-state index is 6.12. The summed E-state index contributed by atoms with van der Waals surface area (Å²) in [7, 11) is 0. The molecule has 4 nitrogen and oxygen atoms in total. The molecule has 1 atom stereocenters. The Balaban J connectivity index is 1.66. The zero-order valence-corrected chi connectivity index (χ0v) is 13.7. The average molecular weight is 329 g/mol. The van der Waals surface area contributed by atoms with Crippen molar-refractivity contribution in [3.63, 3.8) is 0 Å². The van der Waals surface area contributed by atoms with Crippen LogP contribution in [0.5, 0.6) is 0 Å². The molecule has 1 aromatic carbocycles. The molecular weight excluding hydrogens is 312 g/mol. The number of quaternary nitrogens is 1. The van der Waals surface area contributed by atoms with E-state index in [9.17, 15) is 0 Å². The first-order valence-corrected chi connectivity index (χ1v) is 8.61. The standard InChI is InChI=1S/C16H16N4S2/c17-14-13-11-6-7-20(8-10-4-2-1-3-5-10)9-12(11)22-15(13)19-16(21)18-14/h1-5H,6-9H2,(H3,17,18,19,21)/p+1. The molecule has 2 aromatic heterocycles. The van der Waals surface area contributed by atoms with Gasteiger partial charge in [-0.2, -0.15) is 0 Å². The van der Waals surface area contributed by atoms with Crippen molar-refractivity contribution in [3.8, 4) is 0 Å². The Bertz CT molecular complexity index is 882. The molecule has 0 saturated heterocycles. The van der Waals surface area contributed by atoms with Crippen molar-refractivity contribution in [1.29, 1.82) is 0 Å². The second kappa shape index (κ2) is 5.46. The van der Waals surface area contributed by atoms with Crippen molar-refractivity contribution in [1.82, 2.24) is 9.97 Å². The number of aromatic amines is 1. The number of H-pyrrole nitrogens is 1. The Morgan fingerprint density at radius 3 is 2.95 bits per heavy atom. The molecule has 3 heterocycles. The molecule has 0 amide bonds. The number of aromatic nitrogens is 2. The van der Waals surface area contributed by atoms with Gasteiger partial charge in [-0.3, -0.25) is 0 Å². The first-order valence-electron chi connectivity index (χ1n) is 7.38. The highest BCUT2D eigenvalue weighted by Gasteiger charge is 2.25. The van der Waals surface area contributed by atoms with Crippen LogP contribution in [0, 0.1) is 4.77 Å². The van der Waals surface area contributed by atoms with Gasteiger partial charge in [0.05, 0.1) is 16.8 Å². The largest absolute Gasteiger partial charge is 0.385 e. The van der Waals surface area contributed by atoms with E-state index in [2.05, 4.69) is 40.3 Å². The smallest absolute Gasteiger partial charge is 0.199 e. The van der Waals surface area contributed by atoms with Gasteiger partial charge in [-0.25, -0.2) is 4.98 Å². The number of hydrogen-bond acceptors (Lipinski definition) is 4. The van der Waals surface area contributed by atoms with Crippen LogP contribution in [0.25, 0.3) is 10.2 Å². The molecular formula is C16H17N4S2+. The summed E-state index contributed by atoms with van der Waals surface area (Å²) in [5.74, 6) is 0.666. The Morgan fingerprint density at radius 1 is 1.32 bits per heavy atom. The quantitative estimate of drug-likeness (QED) is 0.631. The minimum atomic E-state index is 0.470. The van der Waals surface area contributed by atoms with Gasteiger partial charge < -0.3 is 15.6 Å². The number of benzene rings is 1. The van der Waals surface area contributed by atoms with E-state index >= 15 is 0 Å². The molecule has 22 heavy (non-hydrogen) atoms. The minimum Gasteiger partial charge on any atom is -0.385 e. The summed E-state index contributed by atoms with van der Waals surface area (Å²) in [6.07, 6.45) is 1.05. The van der Waals surface area contributed by atoms with Gasteiger partial charge in [-0.15, -0.1) is 11.3 Å². The van der Waals surface area contributed by atoms with Crippen molar-refractivity contribution in [2.45, 2.75) is 19.5 Å². The number of nitrogens with one attached hydrogen (secondary N) is 2. The fourth-order valence-electron chi connectivity index (χ4n) is 3.21. The highest BCUT2D eigenvalue weighted by Crippen LogP contribution is 2.33. The Labute approximate surface area is 137 Å². The molecule has 4 N–H and O–H groups in total. The zero-order chi connectivity index (χ0) is 15.1. The number of nitrogens with two attached hydrogens (primary N) is 1. The van der Waals surface area contributed by atoms with Crippen molar-refractivity contribution in [3.05, 3.63) is 51.1 Å². The summed E-state index contributed by atoms with van der Waals surface area (Å²) >= 11 is 6.88. The number of anilines is 1. The van der Waals surface area contributed by atoms with Gasteiger partial charge in [-0.05, 0) is 17.8 Å². The van der Waals surface area contributed by atoms with Crippen molar-refractivity contribution < 1.29 is 4.90 Å². The van der Waals surface area contributed by atoms with Crippen molar-refractivity contribution in [2.24, 2.45) is 0 Å². The van der Waals surface area contributed by atoms with E-state index in [1.54, 1.807) is 16.2 Å². The highest BCUT2D eigenvalue weighted by atomic mass is 32.1. The van der Waals surface area contributed by atoms with Crippen LogP contribution >= 0.6 is 23.6 Å². The lowest BCUT2D eigenvalue weighted by atomic mass is 10.0. The van der Waals surface area contributed by atoms with E-state index in [4.69, 9.17) is 18.0 Å². The molecule has 1 aliphatic rings. The van der Waals surface area contributed by atoms with Crippen molar-refractivity contribution in [2.75, 3.05) is 12.3 Å². The molecule has 1 aliphatic heterocycles. The second-order valence-electron chi connectivity index (χ2n) is 5.73. The van der Waals surface area contributed by atoms with Crippen LogP contribution in [0.3, 0.4) is 0 Å². The molecule has 0 spiro atoms. The van der Waals surface area contributed by atoms with Crippen LogP contribution in [0.4, 0.5) is 5.82 Å². The Kier molecular flexibility index (Phi) is 3.44. The second-order valence-corrected chi connectivity index (χ2v) is 7.20. The minimum absolute atomic E-state index is 0.470. The number of hydrogen-bond donors (Lipinski definition) is 3. The lowest BCUT2D eigenvalue weighted by Crippen LogP contribution is -3.10. The van der Waals surface area contributed by atoms with Gasteiger partial charge in [0.15, 0.2) is 4.77 Å². The summed E-state index contributed by atoms with van der Waals surface area (Å²) in [6, 6.07) is 10.7. The van der Waals surface area contributed by atoms with Gasteiger partial charge in [0.2, 0.25) is 0 Å². The molecule has 1 unspecified atom stereocenters. The van der Waals surface area contributed by atoms with Crippen LogP contribution < -0.4 is 10.6 Å². The summed E-state index contributed by atoms with van der Waals surface area (Å²) in [5, 5.41) is 1.09. The third-order valence-electron chi connectivity index (χ3n) is 4.22. The van der Waals surface area contributed by atoms with Crippen molar-refractivity contribution >= 4 is 39.6 Å². The van der Waals surface area contributed by atoms with Crippen LogP contribution in [-0.2, 0) is 19.5 Å². The first kappa shape index (κ1) is 13.9. The maximum Gasteiger partial charge on any atom is 0.199 e. The van der Waals surface area contributed by atoms with Crippen LogP contribution in [0.1, 0.15) is 16.0 Å². The number of rotatable bonds is 2. The SMILES string of the molecule is Nc1[nH]c(=S)nc2sc3c(c12)CC[NH+](Cc1ccccc1)C3. The predicted octanol–water partition coefficient (Wildman–Crippen LogP) is 2.08. The monoisotopic (exact) mass is 329 g/mol. The third kappa shape index (κ3) is 2.43. The zero-order valence-electron chi connectivity index (χ0n) is 12.1. The van der Waals surface area contributed by atoms with E-state index < -0.39 is 0 Å². The molecule has 0 bridgehead atoms. The van der Waals surface area contributed by atoms with Gasteiger partial charge in [0.25, 0.3) is 0 Å². The number of fused-ring (bicyclic) bond motifs is 3. The topological polar surface area (TPSA) is 59.1 Å². The van der Waals surface area contributed by atoms with Gasteiger partial charge in [0, 0.05) is 12.0 Å².